The number of halogens is 2. The fourth-order valence-electron chi connectivity index (χ4n) is 2.46. The Balaban J connectivity index is 1.71. The summed E-state index contributed by atoms with van der Waals surface area (Å²) < 4.78 is 31.8. The van der Waals surface area contributed by atoms with Gasteiger partial charge in [0.15, 0.2) is 11.6 Å². The SMILES string of the molecule is Fc1ccc(NCC2OCCc3ccccc32)cc1F. The van der Waals surface area contributed by atoms with Gasteiger partial charge in [0, 0.05) is 18.3 Å². The molecule has 1 heterocycles. The van der Waals surface area contributed by atoms with Gasteiger partial charge in [0.2, 0.25) is 0 Å². The molecule has 0 bridgehead atoms. The van der Waals surface area contributed by atoms with E-state index in [0.717, 1.165) is 24.1 Å². The maximum atomic E-state index is 13.1. The van der Waals surface area contributed by atoms with E-state index in [1.165, 1.54) is 11.6 Å². The van der Waals surface area contributed by atoms with Crippen LogP contribution < -0.4 is 5.32 Å². The summed E-state index contributed by atoms with van der Waals surface area (Å²) in [6, 6.07) is 11.9. The number of fused-ring (bicyclic) bond motifs is 1. The molecule has 0 amide bonds. The molecule has 0 spiro atoms. The van der Waals surface area contributed by atoms with Crippen LogP contribution in [0.2, 0.25) is 0 Å². The van der Waals surface area contributed by atoms with Gasteiger partial charge in [-0.3, -0.25) is 0 Å². The second kappa shape index (κ2) is 5.59. The largest absolute Gasteiger partial charge is 0.382 e. The smallest absolute Gasteiger partial charge is 0.160 e. The first-order valence-corrected chi connectivity index (χ1v) is 6.62. The molecule has 1 aliphatic heterocycles. The minimum atomic E-state index is -0.847. The standard InChI is InChI=1S/C16H15F2NO/c17-14-6-5-12(9-15(14)18)19-10-16-13-4-2-1-3-11(13)7-8-20-16/h1-6,9,16,19H,7-8,10H2. The van der Waals surface area contributed by atoms with E-state index in [-0.39, 0.29) is 6.10 Å². The molecule has 20 heavy (non-hydrogen) atoms. The van der Waals surface area contributed by atoms with Crippen LogP contribution in [0.4, 0.5) is 14.5 Å². The van der Waals surface area contributed by atoms with Crippen LogP contribution in [0.5, 0.6) is 0 Å². The summed E-state index contributed by atoms with van der Waals surface area (Å²) in [6.45, 7) is 1.21. The number of hydrogen-bond acceptors (Lipinski definition) is 2. The van der Waals surface area contributed by atoms with Gasteiger partial charge in [-0.15, -0.1) is 0 Å². The average Bonchev–Trinajstić information content (AvgIpc) is 2.48. The molecule has 1 N–H and O–H groups in total. The molecule has 1 unspecified atom stereocenters. The Morgan fingerprint density at radius 2 is 1.95 bits per heavy atom. The lowest BCUT2D eigenvalue weighted by Crippen LogP contribution is -2.22. The molecule has 2 nitrogen and oxygen atoms in total. The maximum absolute atomic E-state index is 13.1. The van der Waals surface area contributed by atoms with E-state index in [1.807, 2.05) is 18.2 Å². The fraction of sp³-hybridized carbons (Fsp3) is 0.250. The van der Waals surface area contributed by atoms with Gasteiger partial charge in [0.05, 0.1) is 12.7 Å². The molecule has 0 aromatic heterocycles. The van der Waals surface area contributed by atoms with E-state index in [2.05, 4.69) is 11.4 Å². The Labute approximate surface area is 116 Å². The third-order valence-electron chi connectivity index (χ3n) is 3.50. The zero-order valence-corrected chi connectivity index (χ0v) is 10.9. The molecule has 0 saturated carbocycles. The van der Waals surface area contributed by atoms with Crippen LogP contribution in [-0.2, 0) is 11.2 Å². The molecule has 2 aromatic carbocycles. The molecule has 2 aromatic rings. The van der Waals surface area contributed by atoms with E-state index >= 15 is 0 Å². The molecule has 0 fully saturated rings. The van der Waals surface area contributed by atoms with Crippen LogP contribution in [0.3, 0.4) is 0 Å². The molecule has 104 valence electrons. The molecule has 1 atom stereocenters. The van der Waals surface area contributed by atoms with Gasteiger partial charge in [0.1, 0.15) is 0 Å². The lowest BCUT2D eigenvalue weighted by Gasteiger charge is -2.26. The zero-order valence-electron chi connectivity index (χ0n) is 10.9. The third-order valence-corrected chi connectivity index (χ3v) is 3.50. The Morgan fingerprint density at radius 1 is 1.10 bits per heavy atom. The molecular formula is C16H15F2NO. The van der Waals surface area contributed by atoms with Gasteiger partial charge >= 0.3 is 0 Å². The number of ether oxygens (including phenoxy) is 1. The van der Waals surface area contributed by atoms with Crippen LogP contribution >= 0.6 is 0 Å². The molecule has 0 aliphatic carbocycles. The maximum Gasteiger partial charge on any atom is 0.160 e. The zero-order chi connectivity index (χ0) is 13.9. The van der Waals surface area contributed by atoms with Gasteiger partial charge in [-0.1, -0.05) is 24.3 Å². The van der Waals surface area contributed by atoms with Crippen molar-refractivity contribution < 1.29 is 13.5 Å². The van der Waals surface area contributed by atoms with Crippen molar-refractivity contribution in [1.82, 2.24) is 0 Å². The predicted molar refractivity (Wildman–Crippen MR) is 73.7 cm³/mol. The number of benzene rings is 2. The van der Waals surface area contributed by atoms with E-state index in [1.54, 1.807) is 0 Å². The summed E-state index contributed by atoms with van der Waals surface area (Å²) in [5.41, 5.74) is 3.00. The number of anilines is 1. The van der Waals surface area contributed by atoms with Gasteiger partial charge < -0.3 is 10.1 Å². The first-order valence-electron chi connectivity index (χ1n) is 6.62. The van der Waals surface area contributed by atoms with Crippen molar-refractivity contribution in [2.24, 2.45) is 0 Å². The highest BCUT2D eigenvalue weighted by molar-refractivity contribution is 5.44. The second-order valence-electron chi connectivity index (χ2n) is 4.82. The second-order valence-corrected chi connectivity index (χ2v) is 4.82. The van der Waals surface area contributed by atoms with Crippen LogP contribution in [0.25, 0.3) is 0 Å². The van der Waals surface area contributed by atoms with Crippen LogP contribution in [-0.4, -0.2) is 13.2 Å². The van der Waals surface area contributed by atoms with Crippen molar-refractivity contribution in [3.05, 3.63) is 65.2 Å². The Morgan fingerprint density at radius 3 is 2.80 bits per heavy atom. The molecule has 1 aliphatic rings. The van der Waals surface area contributed by atoms with E-state index < -0.39 is 11.6 Å². The normalized spacial score (nSPS) is 17.6. The average molecular weight is 275 g/mol. The van der Waals surface area contributed by atoms with Crippen LogP contribution in [0.15, 0.2) is 42.5 Å². The number of rotatable bonds is 3. The minimum absolute atomic E-state index is 0.0620. The summed E-state index contributed by atoms with van der Waals surface area (Å²) in [5, 5.41) is 3.09. The van der Waals surface area contributed by atoms with E-state index in [4.69, 9.17) is 4.74 Å². The van der Waals surface area contributed by atoms with Gasteiger partial charge in [-0.05, 0) is 29.7 Å². The summed E-state index contributed by atoms with van der Waals surface area (Å²) >= 11 is 0. The Hall–Kier alpha value is -1.94. The van der Waals surface area contributed by atoms with Crippen molar-refractivity contribution in [2.45, 2.75) is 12.5 Å². The van der Waals surface area contributed by atoms with Crippen molar-refractivity contribution in [2.75, 3.05) is 18.5 Å². The molecule has 3 rings (SSSR count). The first-order chi connectivity index (χ1) is 9.74. The summed E-state index contributed by atoms with van der Waals surface area (Å²) in [4.78, 5) is 0. The topological polar surface area (TPSA) is 21.3 Å². The van der Waals surface area contributed by atoms with Crippen LogP contribution in [0, 0.1) is 11.6 Å². The number of hydrogen-bond donors (Lipinski definition) is 1. The lowest BCUT2D eigenvalue weighted by molar-refractivity contribution is 0.0513. The predicted octanol–water partition coefficient (Wildman–Crippen LogP) is 3.69. The quantitative estimate of drug-likeness (QED) is 0.922. The number of nitrogens with one attached hydrogen (secondary N) is 1. The van der Waals surface area contributed by atoms with Crippen LogP contribution in [0.1, 0.15) is 17.2 Å². The van der Waals surface area contributed by atoms with E-state index in [9.17, 15) is 8.78 Å². The third kappa shape index (κ3) is 2.65. The van der Waals surface area contributed by atoms with Gasteiger partial charge in [-0.25, -0.2) is 8.78 Å². The van der Waals surface area contributed by atoms with Crippen molar-refractivity contribution in [3.63, 3.8) is 0 Å². The van der Waals surface area contributed by atoms with Crippen molar-refractivity contribution in [1.29, 1.82) is 0 Å². The minimum Gasteiger partial charge on any atom is -0.382 e. The lowest BCUT2D eigenvalue weighted by atomic mass is 9.97. The Bertz CT molecular complexity index is 615. The van der Waals surface area contributed by atoms with Crippen molar-refractivity contribution in [3.8, 4) is 0 Å². The highest BCUT2D eigenvalue weighted by Crippen LogP contribution is 2.27. The summed E-state index contributed by atoms with van der Waals surface area (Å²) in [6.07, 6.45) is 0.853. The Kier molecular flexibility index (Phi) is 3.65. The molecule has 4 heteroatoms. The fourth-order valence-corrected chi connectivity index (χ4v) is 2.46. The molecule has 0 radical (unpaired) electrons. The van der Waals surface area contributed by atoms with Gasteiger partial charge in [0.25, 0.3) is 0 Å². The first kappa shape index (κ1) is 13.1. The van der Waals surface area contributed by atoms with Gasteiger partial charge in [-0.2, -0.15) is 0 Å². The molecular weight excluding hydrogens is 260 g/mol. The van der Waals surface area contributed by atoms with Crippen molar-refractivity contribution >= 4 is 5.69 Å². The molecule has 0 saturated heterocycles. The van der Waals surface area contributed by atoms with E-state index in [0.29, 0.717) is 18.8 Å². The summed E-state index contributed by atoms with van der Waals surface area (Å²) in [5.74, 6) is -1.69. The highest BCUT2D eigenvalue weighted by atomic mass is 19.2. The summed E-state index contributed by atoms with van der Waals surface area (Å²) in [7, 11) is 0. The monoisotopic (exact) mass is 275 g/mol. The highest BCUT2D eigenvalue weighted by Gasteiger charge is 2.20.